The molecule has 0 unspecified atom stereocenters. The minimum absolute atomic E-state index is 0.0352. The zero-order valence-electron chi connectivity index (χ0n) is 13.2. The number of carbonyl (C=O) groups excluding carboxylic acids is 2. The van der Waals surface area contributed by atoms with E-state index in [9.17, 15) is 14.4 Å². The fourth-order valence-corrected chi connectivity index (χ4v) is 2.23. The standard InChI is InChI=1S/C17H14N4O4/c1-21-17(24)13-7-3-2-6-12(13)15(20-21)16(23)19-18-14(22)9-8-11-5-4-10-25-11/h2-10H,1H3,(H,18,22)(H,19,23)/b9-8+. The number of rotatable bonds is 3. The molecule has 0 saturated heterocycles. The minimum Gasteiger partial charge on any atom is -0.465 e. The number of hydrazine groups is 1. The van der Waals surface area contributed by atoms with Crippen LogP contribution in [0.25, 0.3) is 16.8 Å². The Morgan fingerprint density at radius 2 is 1.88 bits per heavy atom. The first-order chi connectivity index (χ1) is 12.1. The van der Waals surface area contributed by atoms with Crippen LogP contribution < -0.4 is 16.4 Å². The summed E-state index contributed by atoms with van der Waals surface area (Å²) in [6, 6.07) is 10.0. The third-order valence-corrected chi connectivity index (χ3v) is 3.41. The van der Waals surface area contributed by atoms with Crippen LogP contribution in [0.2, 0.25) is 0 Å². The maximum atomic E-state index is 12.3. The first-order valence-corrected chi connectivity index (χ1v) is 7.34. The second-order valence-electron chi connectivity index (χ2n) is 5.12. The van der Waals surface area contributed by atoms with Gasteiger partial charge in [-0.2, -0.15) is 5.10 Å². The molecule has 0 atom stereocenters. The van der Waals surface area contributed by atoms with Gasteiger partial charge in [-0.15, -0.1) is 0 Å². The summed E-state index contributed by atoms with van der Waals surface area (Å²) < 4.78 is 6.13. The minimum atomic E-state index is -0.633. The van der Waals surface area contributed by atoms with Crippen molar-refractivity contribution in [3.8, 4) is 0 Å². The monoisotopic (exact) mass is 338 g/mol. The molecule has 0 saturated carbocycles. The van der Waals surface area contributed by atoms with Crippen molar-refractivity contribution in [1.29, 1.82) is 0 Å². The number of furan rings is 1. The van der Waals surface area contributed by atoms with E-state index in [1.807, 2.05) is 0 Å². The topological polar surface area (TPSA) is 106 Å². The zero-order chi connectivity index (χ0) is 17.8. The van der Waals surface area contributed by atoms with E-state index in [4.69, 9.17) is 4.42 Å². The van der Waals surface area contributed by atoms with Crippen LogP contribution in [0.3, 0.4) is 0 Å². The summed E-state index contributed by atoms with van der Waals surface area (Å²) >= 11 is 0. The molecule has 0 radical (unpaired) electrons. The van der Waals surface area contributed by atoms with Crippen molar-refractivity contribution >= 4 is 28.7 Å². The lowest BCUT2D eigenvalue weighted by molar-refractivity contribution is -0.117. The van der Waals surface area contributed by atoms with Crippen molar-refractivity contribution < 1.29 is 14.0 Å². The van der Waals surface area contributed by atoms with Gasteiger partial charge >= 0.3 is 0 Å². The first-order valence-electron chi connectivity index (χ1n) is 7.34. The molecule has 8 heteroatoms. The summed E-state index contributed by atoms with van der Waals surface area (Å²) in [5.74, 6) is -0.669. The molecule has 2 amide bonds. The number of aromatic nitrogens is 2. The molecule has 1 aromatic carbocycles. The first kappa shape index (κ1) is 16.2. The van der Waals surface area contributed by atoms with Gasteiger partial charge in [-0.1, -0.05) is 18.2 Å². The number of carbonyl (C=O) groups is 2. The van der Waals surface area contributed by atoms with Crippen LogP contribution in [0.5, 0.6) is 0 Å². The number of hydrogen-bond acceptors (Lipinski definition) is 5. The number of benzene rings is 1. The summed E-state index contributed by atoms with van der Waals surface area (Å²) in [6.45, 7) is 0. The molecule has 2 heterocycles. The smallest absolute Gasteiger partial charge is 0.290 e. The Morgan fingerprint density at radius 3 is 2.60 bits per heavy atom. The zero-order valence-corrected chi connectivity index (χ0v) is 13.2. The van der Waals surface area contributed by atoms with Gasteiger partial charge in [0.25, 0.3) is 17.4 Å². The van der Waals surface area contributed by atoms with Crippen LogP contribution in [0, 0.1) is 0 Å². The average Bonchev–Trinajstić information content (AvgIpc) is 3.14. The van der Waals surface area contributed by atoms with E-state index in [2.05, 4.69) is 16.0 Å². The highest BCUT2D eigenvalue weighted by Gasteiger charge is 2.15. The Kier molecular flexibility index (Phi) is 4.42. The van der Waals surface area contributed by atoms with Crippen LogP contribution in [0.15, 0.2) is 57.9 Å². The van der Waals surface area contributed by atoms with Crippen LogP contribution >= 0.6 is 0 Å². The lowest BCUT2D eigenvalue weighted by Gasteiger charge is -2.08. The molecule has 0 aliphatic carbocycles. The van der Waals surface area contributed by atoms with Gasteiger partial charge in [-0.25, -0.2) is 4.68 Å². The van der Waals surface area contributed by atoms with Crippen molar-refractivity contribution in [3.63, 3.8) is 0 Å². The number of amides is 2. The van der Waals surface area contributed by atoms with E-state index < -0.39 is 11.8 Å². The van der Waals surface area contributed by atoms with Crippen LogP contribution in [-0.2, 0) is 11.8 Å². The highest BCUT2D eigenvalue weighted by Crippen LogP contribution is 2.12. The average molecular weight is 338 g/mol. The van der Waals surface area contributed by atoms with Gasteiger partial charge in [0.2, 0.25) is 0 Å². The van der Waals surface area contributed by atoms with Gasteiger partial charge in [0.05, 0.1) is 11.6 Å². The van der Waals surface area contributed by atoms with E-state index in [0.717, 1.165) is 4.68 Å². The Labute approximate surface area is 141 Å². The number of nitrogens with one attached hydrogen (secondary N) is 2. The van der Waals surface area contributed by atoms with Crippen molar-refractivity contribution in [3.05, 3.63) is 70.5 Å². The molecule has 25 heavy (non-hydrogen) atoms. The highest BCUT2D eigenvalue weighted by molar-refractivity contribution is 6.05. The molecule has 0 bridgehead atoms. The fourth-order valence-electron chi connectivity index (χ4n) is 2.23. The van der Waals surface area contributed by atoms with Crippen LogP contribution in [0.1, 0.15) is 16.2 Å². The Hall–Kier alpha value is -3.68. The molecular formula is C17H14N4O4. The SMILES string of the molecule is Cn1nc(C(=O)NNC(=O)/C=C/c2ccco2)c2ccccc2c1=O. The van der Waals surface area contributed by atoms with Crippen molar-refractivity contribution in [2.75, 3.05) is 0 Å². The predicted octanol–water partition coefficient (Wildman–Crippen LogP) is 1.00. The van der Waals surface area contributed by atoms with Gasteiger partial charge in [-0.05, 0) is 24.3 Å². The molecule has 8 nitrogen and oxygen atoms in total. The summed E-state index contributed by atoms with van der Waals surface area (Å²) in [5.41, 5.74) is 4.24. The van der Waals surface area contributed by atoms with E-state index >= 15 is 0 Å². The summed E-state index contributed by atoms with van der Waals surface area (Å²) in [7, 11) is 1.45. The molecule has 2 aromatic heterocycles. The molecule has 2 N–H and O–H groups in total. The lowest BCUT2D eigenvalue weighted by Crippen LogP contribution is -2.42. The molecule has 0 aliphatic rings. The van der Waals surface area contributed by atoms with Crippen molar-refractivity contribution in [2.45, 2.75) is 0 Å². The van der Waals surface area contributed by atoms with Gasteiger partial charge in [0.1, 0.15) is 5.76 Å². The van der Waals surface area contributed by atoms with Crippen LogP contribution in [-0.4, -0.2) is 21.6 Å². The normalized spacial score (nSPS) is 10.9. The third-order valence-electron chi connectivity index (χ3n) is 3.41. The Bertz CT molecular complexity index is 1020. The lowest BCUT2D eigenvalue weighted by atomic mass is 10.1. The number of nitrogens with zero attached hydrogens (tertiary/aromatic N) is 2. The number of aryl methyl sites for hydroxylation is 1. The van der Waals surface area contributed by atoms with Gasteiger partial charge < -0.3 is 4.42 Å². The van der Waals surface area contributed by atoms with Gasteiger partial charge in [-0.3, -0.25) is 25.2 Å². The van der Waals surface area contributed by atoms with Crippen molar-refractivity contribution in [1.82, 2.24) is 20.6 Å². The maximum Gasteiger partial charge on any atom is 0.290 e. The Balaban J connectivity index is 1.76. The van der Waals surface area contributed by atoms with E-state index in [0.29, 0.717) is 16.5 Å². The van der Waals surface area contributed by atoms with Crippen LogP contribution in [0.4, 0.5) is 0 Å². The molecule has 126 valence electrons. The van der Waals surface area contributed by atoms with Gasteiger partial charge in [0, 0.05) is 18.5 Å². The van der Waals surface area contributed by atoms with E-state index in [1.165, 1.54) is 25.5 Å². The highest BCUT2D eigenvalue weighted by atomic mass is 16.3. The number of fused-ring (bicyclic) bond motifs is 1. The molecule has 3 aromatic rings. The van der Waals surface area contributed by atoms with E-state index in [1.54, 1.807) is 36.4 Å². The maximum absolute atomic E-state index is 12.3. The third kappa shape index (κ3) is 3.47. The number of hydrogen-bond donors (Lipinski definition) is 2. The molecular weight excluding hydrogens is 324 g/mol. The molecule has 0 fully saturated rings. The molecule has 3 rings (SSSR count). The molecule has 0 spiro atoms. The van der Waals surface area contributed by atoms with Gasteiger partial charge in [0.15, 0.2) is 5.69 Å². The largest absolute Gasteiger partial charge is 0.465 e. The summed E-state index contributed by atoms with van der Waals surface area (Å²) in [4.78, 5) is 36.1. The van der Waals surface area contributed by atoms with E-state index in [-0.39, 0.29) is 11.3 Å². The second kappa shape index (κ2) is 6.83. The van der Waals surface area contributed by atoms with Crippen molar-refractivity contribution in [2.24, 2.45) is 7.05 Å². The summed E-state index contributed by atoms with van der Waals surface area (Å²) in [6.07, 6.45) is 4.16. The second-order valence-corrected chi connectivity index (χ2v) is 5.12. The Morgan fingerprint density at radius 1 is 1.12 bits per heavy atom. The molecule has 0 aliphatic heterocycles. The fraction of sp³-hybridized carbons (Fsp3) is 0.0588. The quantitative estimate of drug-likeness (QED) is 0.547. The predicted molar refractivity (Wildman–Crippen MR) is 90.3 cm³/mol. The summed E-state index contributed by atoms with van der Waals surface area (Å²) in [5, 5.41) is 4.75.